The number of likely N-dealkylation sites (N-methyl/N-ethyl adjacent to an activating group) is 1. The molecule has 1 amide bonds. The highest BCUT2D eigenvalue weighted by Gasteiger charge is 2.35. The number of nitrogens with zero attached hydrogens (tertiary/aromatic N) is 2. The van der Waals surface area contributed by atoms with Crippen molar-refractivity contribution in [1.82, 2.24) is 4.90 Å². The van der Waals surface area contributed by atoms with E-state index in [0.717, 1.165) is 12.1 Å². The molecule has 24 heavy (non-hydrogen) atoms. The Morgan fingerprint density at radius 2 is 2.12 bits per heavy atom. The van der Waals surface area contributed by atoms with Crippen molar-refractivity contribution in [2.75, 3.05) is 26.0 Å². The molecule has 1 heterocycles. The third kappa shape index (κ3) is 4.17. The third-order valence-corrected chi connectivity index (χ3v) is 3.80. The minimum Gasteiger partial charge on any atom is -0.382 e. The van der Waals surface area contributed by atoms with Crippen molar-refractivity contribution in [3.05, 3.63) is 29.3 Å². The number of carbonyl (C=O) groups excluding carboxylic acids is 1. The van der Waals surface area contributed by atoms with E-state index in [1.54, 1.807) is 14.1 Å². The van der Waals surface area contributed by atoms with Gasteiger partial charge in [-0.05, 0) is 31.0 Å². The molecule has 8 heteroatoms. The van der Waals surface area contributed by atoms with Gasteiger partial charge in [0.2, 0.25) is 0 Å². The van der Waals surface area contributed by atoms with Gasteiger partial charge in [-0.1, -0.05) is 0 Å². The van der Waals surface area contributed by atoms with E-state index in [0.29, 0.717) is 12.8 Å². The standard InChI is InChI=1S/C16H18F3N3O2/c1-22(2)15(23)14-6-4-11(24-14)9-21-13-7-10(8-20)3-5-12(13)16(17,18)19/h3,5,7,11,14,21H,4,6,9H2,1-2H3/t11-,14-/m0/s1. The van der Waals surface area contributed by atoms with E-state index >= 15 is 0 Å². The van der Waals surface area contributed by atoms with E-state index in [1.165, 1.54) is 11.0 Å². The van der Waals surface area contributed by atoms with Gasteiger partial charge in [-0.2, -0.15) is 18.4 Å². The lowest BCUT2D eigenvalue weighted by atomic mass is 10.1. The molecule has 0 radical (unpaired) electrons. The van der Waals surface area contributed by atoms with Gasteiger partial charge in [0.25, 0.3) is 5.91 Å². The van der Waals surface area contributed by atoms with Gasteiger partial charge < -0.3 is 15.0 Å². The Morgan fingerprint density at radius 3 is 2.71 bits per heavy atom. The Morgan fingerprint density at radius 1 is 1.42 bits per heavy atom. The smallest absolute Gasteiger partial charge is 0.382 e. The van der Waals surface area contributed by atoms with Crippen molar-refractivity contribution >= 4 is 11.6 Å². The number of nitriles is 1. The summed E-state index contributed by atoms with van der Waals surface area (Å²) in [6.45, 7) is 0.134. The number of alkyl halides is 3. The predicted octanol–water partition coefficient (Wildman–Crippen LogP) is 2.62. The number of ether oxygens (including phenoxy) is 1. The van der Waals surface area contributed by atoms with Crippen LogP contribution in [0.3, 0.4) is 0 Å². The summed E-state index contributed by atoms with van der Waals surface area (Å²) >= 11 is 0. The molecule has 5 nitrogen and oxygen atoms in total. The number of nitrogens with one attached hydrogen (secondary N) is 1. The first-order valence-electron chi connectivity index (χ1n) is 7.44. The predicted molar refractivity (Wildman–Crippen MR) is 81.2 cm³/mol. The van der Waals surface area contributed by atoms with Gasteiger partial charge in [-0.25, -0.2) is 0 Å². The van der Waals surface area contributed by atoms with Gasteiger partial charge in [0, 0.05) is 26.3 Å². The number of halogens is 3. The monoisotopic (exact) mass is 341 g/mol. The third-order valence-electron chi connectivity index (χ3n) is 3.80. The number of rotatable bonds is 4. The number of hydrogen-bond donors (Lipinski definition) is 1. The maximum absolute atomic E-state index is 13.0. The van der Waals surface area contributed by atoms with E-state index in [9.17, 15) is 18.0 Å². The fourth-order valence-electron chi connectivity index (χ4n) is 2.56. The number of hydrogen-bond acceptors (Lipinski definition) is 4. The molecular formula is C16H18F3N3O2. The molecule has 1 aromatic carbocycles. The van der Waals surface area contributed by atoms with E-state index in [-0.39, 0.29) is 29.8 Å². The van der Waals surface area contributed by atoms with E-state index in [4.69, 9.17) is 10.00 Å². The zero-order valence-electron chi connectivity index (χ0n) is 13.4. The number of carbonyl (C=O) groups is 1. The Bertz CT molecular complexity index is 653. The average molecular weight is 341 g/mol. The first kappa shape index (κ1) is 18.1. The van der Waals surface area contributed by atoms with Crippen LogP contribution in [0.15, 0.2) is 18.2 Å². The van der Waals surface area contributed by atoms with Crippen molar-refractivity contribution in [2.24, 2.45) is 0 Å². The van der Waals surface area contributed by atoms with Crippen LogP contribution < -0.4 is 5.32 Å². The summed E-state index contributed by atoms with van der Waals surface area (Å²) in [5.41, 5.74) is -0.855. The molecule has 2 rings (SSSR count). The molecule has 0 aromatic heterocycles. The number of benzene rings is 1. The molecule has 1 aromatic rings. The Balaban J connectivity index is 2.05. The van der Waals surface area contributed by atoms with Crippen LogP contribution in [-0.2, 0) is 15.7 Å². The molecule has 1 aliphatic heterocycles. The molecule has 2 atom stereocenters. The van der Waals surface area contributed by atoms with Crippen LogP contribution in [0.4, 0.5) is 18.9 Å². The van der Waals surface area contributed by atoms with Crippen molar-refractivity contribution in [1.29, 1.82) is 5.26 Å². The highest BCUT2D eigenvalue weighted by molar-refractivity contribution is 5.80. The molecule has 1 fully saturated rings. The first-order chi connectivity index (χ1) is 11.2. The van der Waals surface area contributed by atoms with Gasteiger partial charge in [0.15, 0.2) is 0 Å². The normalized spacial score (nSPS) is 20.5. The molecule has 1 saturated heterocycles. The van der Waals surface area contributed by atoms with E-state index in [2.05, 4.69) is 5.32 Å². The summed E-state index contributed by atoms with van der Waals surface area (Å²) in [7, 11) is 3.25. The van der Waals surface area contributed by atoms with Crippen LogP contribution in [0.2, 0.25) is 0 Å². The average Bonchev–Trinajstić information content (AvgIpc) is 2.99. The summed E-state index contributed by atoms with van der Waals surface area (Å²) in [6.07, 6.45) is -4.31. The number of amides is 1. The number of anilines is 1. The largest absolute Gasteiger partial charge is 0.418 e. The van der Waals surface area contributed by atoms with Crippen LogP contribution >= 0.6 is 0 Å². The van der Waals surface area contributed by atoms with Gasteiger partial charge >= 0.3 is 6.18 Å². The van der Waals surface area contributed by atoms with Gasteiger partial charge in [0.1, 0.15) is 6.10 Å². The maximum atomic E-state index is 13.0. The van der Waals surface area contributed by atoms with Crippen LogP contribution in [0.5, 0.6) is 0 Å². The minimum atomic E-state index is -4.52. The van der Waals surface area contributed by atoms with Crippen molar-refractivity contribution in [2.45, 2.75) is 31.2 Å². The fourth-order valence-corrected chi connectivity index (χ4v) is 2.56. The molecule has 0 bridgehead atoms. The summed E-state index contributed by atoms with van der Waals surface area (Å²) in [5, 5.41) is 11.6. The second kappa shape index (κ2) is 7.09. The van der Waals surface area contributed by atoms with Gasteiger partial charge in [0.05, 0.1) is 23.3 Å². The van der Waals surface area contributed by atoms with Crippen LogP contribution in [0, 0.1) is 11.3 Å². The SMILES string of the molecule is CN(C)C(=O)[C@@H]1CC[C@@H](CNc2cc(C#N)ccc2C(F)(F)F)O1. The molecular weight excluding hydrogens is 323 g/mol. The fraction of sp³-hybridized carbons (Fsp3) is 0.500. The maximum Gasteiger partial charge on any atom is 0.418 e. The Labute approximate surface area is 138 Å². The molecule has 0 aliphatic carbocycles. The Hall–Kier alpha value is -2.27. The molecule has 0 unspecified atom stereocenters. The first-order valence-corrected chi connectivity index (χ1v) is 7.44. The second-order valence-corrected chi connectivity index (χ2v) is 5.81. The Kier molecular flexibility index (Phi) is 5.34. The molecule has 0 spiro atoms. The summed E-state index contributed by atoms with van der Waals surface area (Å²) in [4.78, 5) is 13.3. The van der Waals surface area contributed by atoms with Gasteiger partial charge in [-0.3, -0.25) is 4.79 Å². The van der Waals surface area contributed by atoms with Crippen molar-refractivity contribution in [3.63, 3.8) is 0 Å². The summed E-state index contributed by atoms with van der Waals surface area (Å²) < 4.78 is 44.7. The molecule has 1 aliphatic rings. The lowest BCUT2D eigenvalue weighted by Crippen LogP contribution is -2.34. The van der Waals surface area contributed by atoms with Crippen molar-refractivity contribution < 1.29 is 22.7 Å². The van der Waals surface area contributed by atoms with Crippen LogP contribution in [0.25, 0.3) is 0 Å². The zero-order valence-corrected chi connectivity index (χ0v) is 13.4. The summed E-state index contributed by atoms with van der Waals surface area (Å²) in [5.74, 6) is -0.153. The molecule has 130 valence electrons. The second-order valence-electron chi connectivity index (χ2n) is 5.81. The topological polar surface area (TPSA) is 65.4 Å². The van der Waals surface area contributed by atoms with Gasteiger partial charge in [-0.15, -0.1) is 0 Å². The van der Waals surface area contributed by atoms with Crippen LogP contribution in [0.1, 0.15) is 24.0 Å². The summed E-state index contributed by atoms with van der Waals surface area (Å²) in [6, 6.07) is 5.00. The van der Waals surface area contributed by atoms with E-state index in [1.807, 2.05) is 6.07 Å². The highest BCUT2D eigenvalue weighted by Crippen LogP contribution is 2.35. The lowest BCUT2D eigenvalue weighted by molar-refractivity contribution is -0.140. The lowest BCUT2D eigenvalue weighted by Gasteiger charge is -2.19. The van der Waals surface area contributed by atoms with Crippen LogP contribution in [-0.4, -0.2) is 43.7 Å². The zero-order chi connectivity index (χ0) is 17.9. The van der Waals surface area contributed by atoms with Crippen molar-refractivity contribution in [3.8, 4) is 6.07 Å². The van der Waals surface area contributed by atoms with E-state index < -0.39 is 17.8 Å². The molecule has 1 N–H and O–H groups in total. The highest BCUT2D eigenvalue weighted by atomic mass is 19.4. The quantitative estimate of drug-likeness (QED) is 0.914. The minimum absolute atomic E-state index is 0.134. The molecule has 0 saturated carbocycles.